The van der Waals surface area contributed by atoms with Crippen LogP contribution in [0.4, 0.5) is 0 Å². The molecule has 3 heterocycles. The number of benzene rings is 1. The Kier molecular flexibility index (Phi) is 6.99. The first-order valence-corrected chi connectivity index (χ1v) is 13.5. The van der Waals surface area contributed by atoms with E-state index in [9.17, 15) is 14.4 Å². The molecule has 0 radical (unpaired) electrons. The molecule has 7 heteroatoms. The zero-order chi connectivity index (χ0) is 23.5. The first kappa shape index (κ1) is 23.1. The normalized spacial score (nSPS) is 25.6. The lowest BCUT2D eigenvalue weighted by Gasteiger charge is -2.33. The van der Waals surface area contributed by atoms with Gasteiger partial charge in [-0.15, -0.1) is 0 Å². The molecule has 2 aliphatic heterocycles. The van der Waals surface area contributed by atoms with Gasteiger partial charge in [-0.3, -0.25) is 14.4 Å². The van der Waals surface area contributed by atoms with Crippen molar-refractivity contribution in [2.45, 2.75) is 57.5 Å². The molecule has 180 valence electrons. The molecule has 1 N–H and O–H groups in total. The number of hydrogen-bond acceptors (Lipinski definition) is 4. The second-order valence-electron chi connectivity index (χ2n) is 9.84. The smallest absolute Gasteiger partial charge is 0.254 e. The highest BCUT2D eigenvalue weighted by Gasteiger charge is 2.46. The minimum absolute atomic E-state index is 0.00527. The third-order valence-corrected chi connectivity index (χ3v) is 8.39. The van der Waals surface area contributed by atoms with Crippen LogP contribution in [0.5, 0.6) is 0 Å². The lowest BCUT2D eigenvalue weighted by molar-refractivity contribution is -0.136. The Balaban J connectivity index is 1.38. The molecular weight excluding hydrogens is 446 g/mol. The number of carbonyl (C=O) groups is 3. The minimum atomic E-state index is -0.341. The summed E-state index contributed by atoms with van der Waals surface area (Å²) in [6, 6.07) is 9.93. The van der Waals surface area contributed by atoms with E-state index in [-0.39, 0.29) is 35.6 Å². The summed E-state index contributed by atoms with van der Waals surface area (Å²) in [5.41, 5.74) is 3.21. The zero-order valence-corrected chi connectivity index (χ0v) is 20.4. The largest absolute Gasteiger partial charge is 0.356 e. The third-order valence-electron chi connectivity index (χ3n) is 7.71. The topological polar surface area (TPSA) is 69.7 Å². The maximum Gasteiger partial charge on any atom is 0.254 e. The highest BCUT2D eigenvalue weighted by atomic mass is 32.1. The van der Waals surface area contributed by atoms with Gasteiger partial charge < -0.3 is 15.1 Å². The fourth-order valence-electron chi connectivity index (χ4n) is 5.86. The number of nitrogens with zero attached hydrogens (tertiary/aromatic N) is 2. The summed E-state index contributed by atoms with van der Waals surface area (Å²) in [6.45, 7) is 2.65. The molecule has 2 aromatic rings. The van der Waals surface area contributed by atoms with Crippen LogP contribution in [0.3, 0.4) is 0 Å². The molecule has 3 atom stereocenters. The van der Waals surface area contributed by atoms with Gasteiger partial charge in [-0.05, 0) is 54.7 Å². The second-order valence-corrected chi connectivity index (χ2v) is 10.6. The van der Waals surface area contributed by atoms with Gasteiger partial charge in [0.2, 0.25) is 11.8 Å². The quantitative estimate of drug-likeness (QED) is 0.711. The van der Waals surface area contributed by atoms with Crippen molar-refractivity contribution in [1.29, 1.82) is 0 Å². The lowest BCUT2D eigenvalue weighted by atomic mass is 9.97. The summed E-state index contributed by atoms with van der Waals surface area (Å²) in [6.07, 6.45) is 5.91. The number of thiophene rings is 1. The van der Waals surface area contributed by atoms with Gasteiger partial charge in [-0.1, -0.05) is 37.1 Å². The summed E-state index contributed by atoms with van der Waals surface area (Å²) in [5, 5.41) is 6.89. The second kappa shape index (κ2) is 10.3. The van der Waals surface area contributed by atoms with Gasteiger partial charge in [0.15, 0.2) is 0 Å². The first-order chi connectivity index (χ1) is 16.6. The third kappa shape index (κ3) is 4.76. The fraction of sp³-hybridized carbons (Fsp3) is 0.519. The highest BCUT2D eigenvalue weighted by Crippen LogP contribution is 2.38. The van der Waals surface area contributed by atoms with Gasteiger partial charge in [0, 0.05) is 43.5 Å². The Bertz CT molecular complexity index is 1040. The molecule has 1 aliphatic carbocycles. The van der Waals surface area contributed by atoms with E-state index in [4.69, 9.17) is 0 Å². The maximum atomic E-state index is 13.6. The van der Waals surface area contributed by atoms with Crippen LogP contribution in [0.25, 0.3) is 0 Å². The van der Waals surface area contributed by atoms with E-state index in [1.54, 1.807) is 0 Å². The van der Waals surface area contributed by atoms with Gasteiger partial charge in [-0.2, -0.15) is 11.3 Å². The summed E-state index contributed by atoms with van der Waals surface area (Å²) in [4.78, 5) is 44.2. The molecule has 1 aromatic heterocycles. The average Bonchev–Trinajstić information content (AvgIpc) is 3.55. The Labute approximate surface area is 205 Å². The molecule has 0 spiro atoms. The van der Waals surface area contributed by atoms with Gasteiger partial charge in [0.1, 0.15) is 0 Å². The molecular formula is C27H33N3O3S. The number of nitrogens with one attached hydrogen (secondary N) is 1. The average molecular weight is 480 g/mol. The van der Waals surface area contributed by atoms with Crippen molar-refractivity contribution in [3.05, 3.63) is 57.8 Å². The van der Waals surface area contributed by atoms with Crippen LogP contribution in [0.2, 0.25) is 0 Å². The molecule has 0 unspecified atom stereocenters. The molecule has 2 fully saturated rings. The van der Waals surface area contributed by atoms with Crippen LogP contribution >= 0.6 is 11.3 Å². The molecule has 34 heavy (non-hydrogen) atoms. The Morgan fingerprint density at radius 1 is 0.971 bits per heavy atom. The minimum Gasteiger partial charge on any atom is -0.356 e. The van der Waals surface area contributed by atoms with E-state index in [0.717, 1.165) is 32.1 Å². The van der Waals surface area contributed by atoms with Crippen molar-refractivity contribution >= 4 is 29.1 Å². The van der Waals surface area contributed by atoms with E-state index < -0.39 is 0 Å². The van der Waals surface area contributed by atoms with E-state index in [1.165, 1.54) is 22.5 Å². The summed E-state index contributed by atoms with van der Waals surface area (Å²) in [5.74, 6) is -0.458. The zero-order valence-electron chi connectivity index (χ0n) is 19.6. The molecule has 1 saturated carbocycles. The monoisotopic (exact) mass is 479 g/mol. The van der Waals surface area contributed by atoms with Gasteiger partial charge in [0.25, 0.3) is 5.91 Å². The molecule has 6 nitrogen and oxygen atoms in total. The fourth-order valence-corrected chi connectivity index (χ4v) is 6.49. The van der Waals surface area contributed by atoms with Gasteiger partial charge >= 0.3 is 0 Å². The maximum absolute atomic E-state index is 13.6. The van der Waals surface area contributed by atoms with Gasteiger partial charge in [-0.25, -0.2) is 0 Å². The van der Waals surface area contributed by atoms with Crippen molar-refractivity contribution in [1.82, 2.24) is 15.1 Å². The van der Waals surface area contributed by atoms with E-state index in [2.05, 4.69) is 23.5 Å². The highest BCUT2D eigenvalue weighted by molar-refractivity contribution is 7.08. The van der Waals surface area contributed by atoms with Crippen molar-refractivity contribution in [3.8, 4) is 0 Å². The SMILES string of the molecule is O=C1NCCCCCCN(C(=O)c2ccsc2)[C@H]2C[C@H](C(=O)N3CCc4ccccc4C3)C[C@@H]12. The molecule has 1 saturated heterocycles. The van der Waals surface area contributed by atoms with E-state index in [0.29, 0.717) is 44.6 Å². The van der Waals surface area contributed by atoms with Crippen molar-refractivity contribution < 1.29 is 14.4 Å². The molecule has 3 aliphatic rings. The van der Waals surface area contributed by atoms with Crippen molar-refractivity contribution in [2.75, 3.05) is 19.6 Å². The molecule has 0 bridgehead atoms. The Morgan fingerprint density at radius 3 is 2.62 bits per heavy atom. The van der Waals surface area contributed by atoms with Crippen LogP contribution in [0.1, 0.15) is 60.0 Å². The number of hydrogen-bond donors (Lipinski definition) is 1. The summed E-state index contributed by atoms with van der Waals surface area (Å²) >= 11 is 1.51. The number of carbonyl (C=O) groups excluding carboxylic acids is 3. The van der Waals surface area contributed by atoms with Crippen LogP contribution in [-0.4, -0.2) is 53.2 Å². The Morgan fingerprint density at radius 2 is 1.79 bits per heavy atom. The number of amides is 3. The van der Waals surface area contributed by atoms with E-state index >= 15 is 0 Å². The molecule has 5 rings (SSSR count). The lowest BCUT2D eigenvalue weighted by Crippen LogP contribution is -2.47. The first-order valence-electron chi connectivity index (χ1n) is 12.6. The van der Waals surface area contributed by atoms with Crippen LogP contribution < -0.4 is 5.32 Å². The van der Waals surface area contributed by atoms with Crippen LogP contribution in [0, 0.1) is 11.8 Å². The van der Waals surface area contributed by atoms with Crippen molar-refractivity contribution in [3.63, 3.8) is 0 Å². The summed E-state index contributed by atoms with van der Waals surface area (Å²) in [7, 11) is 0. The van der Waals surface area contributed by atoms with Crippen LogP contribution in [0.15, 0.2) is 41.1 Å². The number of fused-ring (bicyclic) bond motifs is 2. The predicted octanol–water partition coefficient (Wildman–Crippen LogP) is 3.86. The molecule has 1 aromatic carbocycles. The van der Waals surface area contributed by atoms with Crippen molar-refractivity contribution in [2.24, 2.45) is 11.8 Å². The standard InChI is InChI=1S/C27H33N3O3S/c31-25-23-15-22(26(32)29-13-9-19-7-3-4-8-20(19)17-29)16-24(23)30(12-6-2-1-5-11-28-25)27(33)21-10-14-34-18-21/h3-4,7-8,10,14,18,22-24H,1-2,5-6,9,11-13,15-17H2,(H,28,31)/t22-,23-,24+/m1/s1. The predicted molar refractivity (Wildman–Crippen MR) is 132 cm³/mol. The van der Waals surface area contributed by atoms with E-state index in [1.807, 2.05) is 32.7 Å². The number of rotatable bonds is 2. The molecule has 3 amide bonds. The Hall–Kier alpha value is -2.67. The van der Waals surface area contributed by atoms with Crippen LogP contribution in [-0.2, 0) is 22.6 Å². The summed E-state index contributed by atoms with van der Waals surface area (Å²) < 4.78 is 0. The van der Waals surface area contributed by atoms with Gasteiger partial charge in [0.05, 0.1) is 11.5 Å².